The Hall–Kier alpha value is -1.39. The third-order valence-corrected chi connectivity index (χ3v) is 3.40. The zero-order valence-corrected chi connectivity index (χ0v) is 12.6. The number of pyridine rings is 1. The van der Waals surface area contributed by atoms with Gasteiger partial charge in [-0.2, -0.15) is 0 Å². The molecule has 0 saturated heterocycles. The average molecular weight is 320 g/mol. The summed E-state index contributed by atoms with van der Waals surface area (Å²) < 4.78 is 1.02. The third-order valence-electron chi connectivity index (χ3n) is 2.95. The van der Waals surface area contributed by atoms with Gasteiger partial charge in [0.15, 0.2) is 0 Å². The van der Waals surface area contributed by atoms with Crippen LogP contribution >= 0.6 is 15.9 Å². The van der Waals surface area contributed by atoms with Gasteiger partial charge in [0, 0.05) is 29.4 Å². The minimum Gasteiger partial charge on any atom is -0.399 e. The van der Waals surface area contributed by atoms with Crippen LogP contribution in [-0.2, 0) is 13.1 Å². The van der Waals surface area contributed by atoms with Crippen molar-refractivity contribution in [2.24, 2.45) is 0 Å². The van der Waals surface area contributed by atoms with E-state index in [1.807, 2.05) is 30.5 Å². The van der Waals surface area contributed by atoms with Gasteiger partial charge in [-0.1, -0.05) is 28.9 Å². The Morgan fingerprint density at radius 3 is 2.68 bits per heavy atom. The minimum atomic E-state index is 0.790. The molecule has 0 atom stereocenters. The Balaban J connectivity index is 2.06. The van der Waals surface area contributed by atoms with Crippen molar-refractivity contribution in [3.05, 3.63) is 58.3 Å². The highest BCUT2D eigenvalue weighted by molar-refractivity contribution is 9.10. The fourth-order valence-corrected chi connectivity index (χ4v) is 2.58. The van der Waals surface area contributed by atoms with Gasteiger partial charge >= 0.3 is 0 Å². The molecule has 0 amide bonds. The molecule has 1 heterocycles. The van der Waals surface area contributed by atoms with Crippen molar-refractivity contribution in [1.29, 1.82) is 0 Å². The summed E-state index contributed by atoms with van der Waals surface area (Å²) in [7, 11) is 0. The molecule has 0 spiro atoms. The lowest BCUT2D eigenvalue weighted by atomic mass is 10.2. The number of hydrogen-bond donors (Lipinski definition) is 1. The van der Waals surface area contributed by atoms with Gasteiger partial charge in [-0.15, -0.1) is 0 Å². The number of anilines is 1. The van der Waals surface area contributed by atoms with E-state index in [4.69, 9.17) is 5.73 Å². The van der Waals surface area contributed by atoms with Gasteiger partial charge in [0.25, 0.3) is 0 Å². The van der Waals surface area contributed by atoms with Gasteiger partial charge in [0.1, 0.15) is 0 Å². The summed E-state index contributed by atoms with van der Waals surface area (Å²) >= 11 is 3.48. The third kappa shape index (κ3) is 4.33. The quantitative estimate of drug-likeness (QED) is 0.858. The smallest absolute Gasteiger partial charge is 0.0544 e. The number of nitrogen functional groups attached to an aromatic ring is 1. The average Bonchev–Trinajstić information content (AvgIpc) is 2.38. The summed E-state index contributed by atoms with van der Waals surface area (Å²) in [5, 5.41) is 0. The molecule has 0 unspecified atom stereocenters. The number of nitrogens with zero attached hydrogens (tertiary/aromatic N) is 2. The van der Waals surface area contributed by atoms with Crippen LogP contribution in [0.3, 0.4) is 0 Å². The lowest BCUT2D eigenvalue weighted by Crippen LogP contribution is -2.22. The predicted molar refractivity (Wildman–Crippen MR) is 82.6 cm³/mol. The molecular weight excluding hydrogens is 302 g/mol. The summed E-state index contributed by atoms with van der Waals surface area (Å²) in [6.07, 6.45) is 1.83. The summed E-state index contributed by atoms with van der Waals surface area (Å²) in [5.41, 5.74) is 8.96. The van der Waals surface area contributed by atoms with Crippen molar-refractivity contribution in [2.75, 3.05) is 12.3 Å². The molecule has 0 saturated carbocycles. The number of rotatable bonds is 5. The molecule has 0 radical (unpaired) electrons. The van der Waals surface area contributed by atoms with E-state index in [2.05, 4.69) is 44.9 Å². The van der Waals surface area contributed by atoms with Crippen LogP contribution in [0.2, 0.25) is 0 Å². The van der Waals surface area contributed by atoms with Crippen LogP contribution in [0.5, 0.6) is 0 Å². The number of aromatic nitrogens is 1. The van der Waals surface area contributed by atoms with E-state index in [0.29, 0.717) is 0 Å². The highest BCUT2D eigenvalue weighted by atomic mass is 79.9. The van der Waals surface area contributed by atoms with E-state index >= 15 is 0 Å². The molecule has 0 aliphatic heterocycles. The van der Waals surface area contributed by atoms with Crippen molar-refractivity contribution in [1.82, 2.24) is 9.88 Å². The van der Waals surface area contributed by atoms with Crippen LogP contribution in [0.15, 0.2) is 47.1 Å². The van der Waals surface area contributed by atoms with Gasteiger partial charge in [0.05, 0.1) is 5.69 Å². The molecule has 4 heteroatoms. The molecule has 0 bridgehead atoms. The van der Waals surface area contributed by atoms with Crippen molar-refractivity contribution >= 4 is 21.6 Å². The summed E-state index contributed by atoms with van der Waals surface area (Å²) in [5.74, 6) is 0. The van der Waals surface area contributed by atoms with Crippen LogP contribution in [-0.4, -0.2) is 16.4 Å². The summed E-state index contributed by atoms with van der Waals surface area (Å²) in [6.45, 7) is 4.85. The van der Waals surface area contributed by atoms with Crippen LogP contribution in [0, 0.1) is 0 Å². The Bertz CT molecular complexity index is 508. The maximum atomic E-state index is 5.87. The van der Waals surface area contributed by atoms with Crippen molar-refractivity contribution in [3.8, 4) is 0 Å². The molecule has 0 aliphatic carbocycles. The SMILES string of the molecule is CCN(Cc1cc(N)cc(Br)c1)Cc1ccccn1. The van der Waals surface area contributed by atoms with Crippen LogP contribution in [0.1, 0.15) is 18.2 Å². The second kappa shape index (κ2) is 6.68. The normalized spacial score (nSPS) is 10.9. The molecule has 100 valence electrons. The number of hydrogen-bond acceptors (Lipinski definition) is 3. The van der Waals surface area contributed by atoms with Gasteiger partial charge in [-0.3, -0.25) is 9.88 Å². The lowest BCUT2D eigenvalue weighted by Gasteiger charge is -2.20. The van der Waals surface area contributed by atoms with Gasteiger partial charge < -0.3 is 5.73 Å². The van der Waals surface area contributed by atoms with Crippen molar-refractivity contribution in [2.45, 2.75) is 20.0 Å². The molecule has 0 aliphatic rings. The molecule has 1 aromatic heterocycles. The molecule has 0 fully saturated rings. The monoisotopic (exact) mass is 319 g/mol. The van der Waals surface area contributed by atoms with E-state index in [9.17, 15) is 0 Å². The Morgan fingerprint density at radius 2 is 2.05 bits per heavy atom. The highest BCUT2D eigenvalue weighted by Gasteiger charge is 2.06. The maximum Gasteiger partial charge on any atom is 0.0544 e. The first-order chi connectivity index (χ1) is 9.17. The second-order valence-electron chi connectivity index (χ2n) is 4.52. The first-order valence-corrected chi connectivity index (χ1v) is 7.14. The molecule has 1 aromatic carbocycles. The molecule has 2 aromatic rings. The largest absolute Gasteiger partial charge is 0.399 e. The Kier molecular flexibility index (Phi) is 4.93. The maximum absolute atomic E-state index is 5.87. The molecule has 2 rings (SSSR count). The summed E-state index contributed by atoms with van der Waals surface area (Å²) in [6, 6.07) is 12.1. The first kappa shape index (κ1) is 14.0. The van der Waals surface area contributed by atoms with E-state index in [0.717, 1.165) is 35.5 Å². The van der Waals surface area contributed by atoms with Crippen molar-refractivity contribution in [3.63, 3.8) is 0 Å². The Labute approximate surface area is 122 Å². The number of benzene rings is 1. The van der Waals surface area contributed by atoms with Crippen LogP contribution < -0.4 is 5.73 Å². The van der Waals surface area contributed by atoms with Gasteiger partial charge in [0.2, 0.25) is 0 Å². The topological polar surface area (TPSA) is 42.1 Å². The molecular formula is C15H18BrN3. The van der Waals surface area contributed by atoms with Crippen molar-refractivity contribution < 1.29 is 0 Å². The summed E-state index contributed by atoms with van der Waals surface area (Å²) in [4.78, 5) is 6.70. The number of nitrogens with two attached hydrogens (primary N) is 1. The molecule has 19 heavy (non-hydrogen) atoms. The lowest BCUT2D eigenvalue weighted by molar-refractivity contribution is 0.268. The molecule has 3 nitrogen and oxygen atoms in total. The minimum absolute atomic E-state index is 0.790. The van der Waals surface area contributed by atoms with E-state index in [1.165, 1.54) is 5.56 Å². The highest BCUT2D eigenvalue weighted by Crippen LogP contribution is 2.19. The second-order valence-corrected chi connectivity index (χ2v) is 5.43. The van der Waals surface area contributed by atoms with E-state index in [1.54, 1.807) is 0 Å². The zero-order chi connectivity index (χ0) is 13.7. The van der Waals surface area contributed by atoms with Crippen LogP contribution in [0.25, 0.3) is 0 Å². The van der Waals surface area contributed by atoms with Gasteiger partial charge in [-0.25, -0.2) is 0 Å². The number of halogens is 1. The zero-order valence-electron chi connectivity index (χ0n) is 11.0. The molecule has 2 N–H and O–H groups in total. The van der Waals surface area contributed by atoms with E-state index < -0.39 is 0 Å². The predicted octanol–water partition coefficient (Wildman–Crippen LogP) is 3.45. The van der Waals surface area contributed by atoms with Gasteiger partial charge in [-0.05, 0) is 42.4 Å². The Morgan fingerprint density at radius 1 is 1.21 bits per heavy atom. The first-order valence-electron chi connectivity index (χ1n) is 6.34. The fraction of sp³-hybridized carbons (Fsp3) is 0.267. The van der Waals surface area contributed by atoms with E-state index in [-0.39, 0.29) is 0 Å². The fourth-order valence-electron chi connectivity index (χ4n) is 2.03. The standard InChI is InChI=1S/C15H18BrN3/c1-2-19(11-15-5-3-4-6-18-15)10-12-7-13(16)9-14(17)8-12/h3-9H,2,10-11,17H2,1H3. The van der Waals surface area contributed by atoms with Crippen LogP contribution in [0.4, 0.5) is 5.69 Å².